The smallest absolute Gasteiger partial charge is 0.358 e. The van der Waals surface area contributed by atoms with Gasteiger partial charge in [-0.1, -0.05) is 0 Å². The Morgan fingerprint density at radius 2 is 2.50 bits per heavy atom. The number of nitrogens with zero attached hydrogens (tertiary/aromatic N) is 2. The third kappa shape index (κ3) is 2.30. The minimum atomic E-state index is -0.573. The lowest BCUT2D eigenvalue weighted by atomic mass is 10.2. The Kier molecular flexibility index (Phi) is 3.60. The summed E-state index contributed by atoms with van der Waals surface area (Å²) in [7, 11) is 0. The lowest BCUT2D eigenvalue weighted by Crippen LogP contribution is -2.09. The first-order valence-electron chi connectivity index (χ1n) is 3.91. The van der Waals surface area contributed by atoms with Crippen LogP contribution in [0, 0.1) is 11.3 Å². The molecule has 0 saturated carbocycles. The third-order valence-corrected chi connectivity index (χ3v) is 1.88. The fourth-order valence-corrected chi connectivity index (χ4v) is 1.22. The number of halogens is 1. The number of hydrogen-bond donors (Lipinski definition) is 0. The van der Waals surface area contributed by atoms with Gasteiger partial charge in [0.1, 0.15) is 6.07 Å². The summed E-state index contributed by atoms with van der Waals surface area (Å²) in [6.07, 6.45) is 1.45. The van der Waals surface area contributed by atoms with Gasteiger partial charge in [-0.2, -0.15) is 5.26 Å². The normalized spacial score (nSPS) is 9.21. The van der Waals surface area contributed by atoms with Crippen molar-refractivity contribution in [1.82, 2.24) is 4.98 Å². The molecule has 0 N–H and O–H groups in total. The van der Waals surface area contributed by atoms with Crippen LogP contribution in [0.5, 0.6) is 0 Å². The number of ether oxygens (including phenoxy) is 1. The van der Waals surface area contributed by atoms with Crippen LogP contribution in [0.15, 0.2) is 16.7 Å². The maximum atomic E-state index is 11.3. The van der Waals surface area contributed by atoms with E-state index in [0.29, 0.717) is 4.47 Å². The van der Waals surface area contributed by atoms with E-state index in [1.54, 1.807) is 6.92 Å². The van der Waals surface area contributed by atoms with Crippen molar-refractivity contribution in [3.8, 4) is 6.07 Å². The number of nitriles is 1. The molecule has 14 heavy (non-hydrogen) atoms. The van der Waals surface area contributed by atoms with Gasteiger partial charge in [0.15, 0.2) is 5.69 Å². The molecule has 4 nitrogen and oxygen atoms in total. The van der Waals surface area contributed by atoms with E-state index in [-0.39, 0.29) is 17.9 Å². The average Bonchev–Trinajstić information content (AvgIpc) is 2.17. The SMILES string of the molecule is CCOC(=O)c1ncc(Br)cc1C#N. The Bertz CT molecular complexity index is 398. The summed E-state index contributed by atoms with van der Waals surface area (Å²) in [5, 5.41) is 8.74. The van der Waals surface area contributed by atoms with E-state index in [2.05, 4.69) is 20.9 Å². The van der Waals surface area contributed by atoms with Crippen LogP contribution in [0.2, 0.25) is 0 Å². The molecule has 72 valence electrons. The Hall–Kier alpha value is -1.41. The van der Waals surface area contributed by atoms with E-state index in [9.17, 15) is 4.79 Å². The molecule has 1 aromatic rings. The van der Waals surface area contributed by atoms with Crippen molar-refractivity contribution in [2.24, 2.45) is 0 Å². The fourth-order valence-electron chi connectivity index (χ4n) is 0.887. The Morgan fingerprint density at radius 1 is 1.79 bits per heavy atom. The standard InChI is InChI=1S/C9H7BrN2O2/c1-2-14-9(13)8-6(4-11)3-7(10)5-12-8/h3,5H,2H2,1H3. The van der Waals surface area contributed by atoms with Crippen molar-refractivity contribution in [3.63, 3.8) is 0 Å². The molecule has 1 aromatic heterocycles. The van der Waals surface area contributed by atoms with Crippen LogP contribution in [0.1, 0.15) is 23.0 Å². The van der Waals surface area contributed by atoms with Crippen molar-refractivity contribution in [2.45, 2.75) is 6.92 Å². The molecule has 0 spiro atoms. The zero-order valence-corrected chi connectivity index (χ0v) is 9.04. The first kappa shape index (κ1) is 10.7. The van der Waals surface area contributed by atoms with Crippen molar-refractivity contribution in [1.29, 1.82) is 5.26 Å². The maximum absolute atomic E-state index is 11.3. The molecular formula is C9H7BrN2O2. The first-order chi connectivity index (χ1) is 6.69. The van der Waals surface area contributed by atoms with E-state index in [1.807, 2.05) is 6.07 Å². The Balaban J connectivity index is 3.09. The number of esters is 1. The highest BCUT2D eigenvalue weighted by molar-refractivity contribution is 9.10. The average molecular weight is 255 g/mol. The lowest BCUT2D eigenvalue weighted by molar-refractivity contribution is 0.0519. The van der Waals surface area contributed by atoms with Crippen molar-refractivity contribution in [2.75, 3.05) is 6.61 Å². The minimum Gasteiger partial charge on any atom is -0.461 e. The second-order valence-corrected chi connectivity index (χ2v) is 3.30. The summed E-state index contributed by atoms with van der Waals surface area (Å²) in [5.41, 5.74) is 0.260. The predicted octanol–water partition coefficient (Wildman–Crippen LogP) is 1.89. The summed E-state index contributed by atoms with van der Waals surface area (Å²) in [6.45, 7) is 1.96. The molecule has 0 bridgehead atoms. The molecule has 0 aliphatic rings. The van der Waals surface area contributed by atoms with Gasteiger partial charge >= 0.3 is 5.97 Å². The van der Waals surface area contributed by atoms with E-state index in [0.717, 1.165) is 0 Å². The second kappa shape index (κ2) is 4.72. The van der Waals surface area contributed by atoms with E-state index in [1.165, 1.54) is 12.3 Å². The van der Waals surface area contributed by atoms with Gasteiger partial charge in [-0.05, 0) is 28.9 Å². The van der Waals surface area contributed by atoms with Gasteiger partial charge in [0.05, 0.1) is 12.2 Å². The van der Waals surface area contributed by atoms with Crippen molar-refractivity contribution >= 4 is 21.9 Å². The van der Waals surface area contributed by atoms with Crippen LogP contribution in [-0.4, -0.2) is 17.6 Å². The monoisotopic (exact) mass is 254 g/mol. The summed E-state index contributed by atoms with van der Waals surface area (Å²) in [5.74, 6) is -0.573. The lowest BCUT2D eigenvalue weighted by Gasteiger charge is -2.02. The molecule has 0 radical (unpaired) electrons. The number of carbonyl (C=O) groups is 1. The maximum Gasteiger partial charge on any atom is 0.358 e. The van der Waals surface area contributed by atoms with Crippen molar-refractivity contribution < 1.29 is 9.53 Å². The molecule has 0 atom stereocenters. The quantitative estimate of drug-likeness (QED) is 0.757. The first-order valence-corrected chi connectivity index (χ1v) is 4.71. The van der Waals surface area contributed by atoms with Gasteiger partial charge in [0, 0.05) is 10.7 Å². The van der Waals surface area contributed by atoms with Gasteiger partial charge < -0.3 is 4.74 Å². The Morgan fingerprint density at radius 3 is 3.07 bits per heavy atom. The second-order valence-electron chi connectivity index (χ2n) is 2.38. The fraction of sp³-hybridized carbons (Fsp3) is 0.222. The highest BCUT2D eigenvalue weighted by Gasteiger charge is 2.14. The summed E-state index contributed by atoms with van der Waals surface area (Å²) in [4.78, 5) is 15.1. The highest BCUT2D eigenvalue weighted by atomic mass is 79.9. The van der Waals surface area contributed by atoms with Crippen LogP contribution in [-0.2, 0) is 4.74 Å². The zero-order valence-electron chi connectivity index (χ0n) is 7.45. The van der Waals surface area contributed by atoms with Gasteiger partial charge in [-0.3, -0.25) is 0 Å². The number of pyridine rings is 1. The van der Waals surface area contributed by atoms with Gasteiger partial charge in [-0.15, -0.1) is 0 Å². The predicted molar refractivity (Wildman–Crippen MR) is 52.6 cm³/mol. The molecule has 0 aromatic carbocycles. The van der Waals surface area contributed by atoms with Crippen LogP contribution >= 0.6 is 15.9 Å². The number of rotatable bonds is 2. The van der Waals surface area contributed by atoms with E-state index >= 15 is 0 Å². The van der Waals surface area contributed by atoms with Crippen molar-refractivity contribution in [3.05, 3.63) is 28.0 Å². The third-order valence-electron chi connectivity index (χ3n) is 1.44. The summed E-state index contributed by atoms with van der Waals surface area (Å²) < 4.78 is 5.40. The van der Waals surface area contributed by atoms with Gasteiger partial charge in [0.25, 0.3) is 0 Å². The molecular weight excluding hydrogens is 248 g/mol. The molecule has 1 heterocycles. The van der Waals surface area contributed by atoms with E-state index < -0.39 is 5.97 Å². The van der Waals surface area contributed by atoms with Gasteiger partial charge in [0.2, 0.25) is 0 Å². The molecule has 0 aliphatic heterocycles. The minimum absolute atomic E-state index is 0.0533. The Labute approximate surface area is 89.6 Å². The molecule has 1 rings (SSSR count). The van der Waals surface area contributed by atoms with Crippen LogP contribution < -0.4 is 0 Å². The number of aromatic nitrogens is 1. The topological polar surface area (TPSA) is 63.0 Å². The van der Waals surface area contributed by atoms with Crippen LogP contribution in [0.25, 0.3) is 0 Å². The molecule has 0 aliphatic carbocycles. The van der Waals surface area contributed by atoms with E-state index in [4.69, 9.17) is 10.00 Å². The van der Waals surface area contributed by atoms with Gasteiger partial charge in [-0.25, -0.2) is 9.78 Å². The molecule has 5 heteroatoms. The summed E-state index contributed by atoms with van der Waals surface area (Å²) >= 11 is 3.16. The van der Waals surface area contributed by atoms with Crippen LogP contribution in [0.4, 0.5) is 0 Å². The largest absolute Gasteiger partial charge is 0.461 e. The molecule has 0 unspecified atom stereocenters. The van der Waals surface area contributed by atoms with Crippen LogP contribution in [0.3, 0.4) is 0 Å². The highest BCUT2D eigenvalue weighted by Crippen LogP contribution is 2.13. The summed E-state index contributed by atoms with van der Waals surface area (Å²) in [6, 6.07) is 3.41. The zero-order chi connectivity index (χ0) is 10.6. The molecule has 0 fully saturated rings. The molecule has 0 saturated heterocycles. The number of hydrogen-bond acceptors (Lipinski definition) is 4. The number of carbonyl (C=O) groups excluding carboxylic acids is 1. The molecule has 0 amide bonds.